The number of methoxy groups -OCH3 is 1. The van der Waals surface area contributed by atoms with Crippen LogP contribution < -0.4 is 5.73 Å². The largest absolute Gasteiger partial charge is 0.384 e. The van der Waals surface area contributed by atoms with Crippen molar-refractivity contribution >= 4 is 10.0 Å². The fourth-order valence-corrected chi connectivity index (χ4v) is 4.20. The van der Waals surface area contributed by atoms with Gasteiger partial charge in [-0.1, -0.05) is 0 Å². The van der Waals surface area contributed by atoms with E-state index in [0.29, 0.717) is 36.9 Å². The molecule has 0 aliphatic carbocycles. The van der Waals surface area contributed by atoms with Gasteiger partial charge in [-0.25, -0.2) is 8.42 Å². The van der Waals surface area contributed by atoms with Crippen molar-refractivity contribution in [3.05, 3.63) is 11.3 Å². The number of rotatable bonds is 5. The minimum atomic E-state index is -3.55. The molecule has 0 bridgehead atoms. The summed E-state index contributed by atoms with van der Waals surface area (Å²) in [5, 5.41) is 6.71. The number of hydrogen-bond donors (Lipinski definition) is 2. The molecule has 0 spiro atoms. The van der Waals surface area contributed by atoms with Crippen LogP contribution in [0.25, 0.3) is 0 Å². The summed E-state index contributed by atoms with van der Waals surface area (Å²) in [5.41, 5.74) is 6.91. The number of H-pyrrole nitrogens is 1. The minimum Gasteiger partial charge on any atom is -0.384 e. The van der Waals surface area contributed by atoms with E-state index in [9.17, 15) is 8.42 Å². The first-order valence-corrected chi connectivity index (χ1v) is 8.17. The summed E-state index contributed by atoms with van der Waals surface area (Å²) >= 11 is 0. The van der Waals surface area contributed by atoms with Gasteiger partial charge in [0.2, 0.25) is 0 Å². The van der Waals surface area contributed by atoms with E-state index in [0.717, 1.165) is 12.8 Å². The molecule has 0 saturated carbocycles. The van der Waals surface area contributed by atoms with Crippen molar-refractivity contribution in [2.75, 3.05) is 26.8 Å². The highest BCUT2D eigenvalue weighted by Crippen LogP contribution is 2.25. The van der Waals surface area contributed by atoms with Gasteiger partial charge in [-0.05, 0) is 25.7 Å². The third-order valence-corrected chi connectivity index (χ3v) is 5.67. The van der Waals surface area contributed by atoms with E-state index >= 15 is 0 Å². The topological polar surface area (TPSA) is 101 Å². The van der Waals surface area contributed by atoms with E-state index in [2.05, 4.69) is 10.2 Å². The quantitative estimate of drug-likeness (QED) is 0.810. The van der Waals surface area contributed by atoms with Gasteiger partial charge < -0.3 is 10.5 Å². The van der Waals surface area contributed by atoms with Gasteiger partial charge in [0, 0.05) is 44.6 Å². The Kier molecular flexibility index (Phi) is 4.79. The van der Waals surface area contributed by atoms with Crippen LogP contribution in [0, 0.1) is 12.8 Å². The summed E-state index contributed by atoms with van der Waals surface area (Å²) in [5.74, 6) is 0.432. The van der Waals surface area contributed by atoms with Gasteiger partial charge >= 0.3 is 0 Å². The molecule has 0 radical (unpaired) electrons. The molecule has 2 rings (SSSR count). The number of nitrogens with one attached hydrogen (secondary N) is 1. The van der Waals surface area contributed by atoms with Crippen LogP contribution in [0.3, 0.4) is 0 Å². The van der Waals surface area contributed by atoms with Gasteiger partial charge in [0.05, 0.1) is 0 Å². The Bertz CT molecular complexity index is 547. The summed E-state index contributed by atoms with van der Waals surface area (Å²) in [6, 6.07) is 0. The maximum absolute atomic E-state index is 12.6. The van der Waals surface area contributed by atoms with E-state index in [1.54, 1.807) is 14.0 Å². The van der Waals surface area contributed by atoms with Gasteiger partial charge in [-0.2, -0.15) is 9.40 Å². The number of hydrogen-bond acceptors (Lipinski definition) is 5. The van der Waals surface area contributed by atoms with Crippen molar-refractivity contribution in [2.24, 2.45) is 11.7 Å². The Balaban J connectivity index is 2.15. The predicted octanol–water partition coefficient (Wildman–Crippen LogP) is 0.224. The Hall–Kier alpha value is -0.960. The number of nitrogens with two attached hydrogens (primary N) is 1. The van der Waals surface area contributed by atoms with Crippen molar-refractivity contribution < 1.29 is 13.2 Å². The van der Waals surface area contributed by atoms with E-state index in [-0.39, 0.29) is 11.6 Å². The molecular formula is C12H22N4O3S. The highest BCUT2D eigenvalue weighted by atomic mass is 32.2. The van der Waals surface area contributed by atoms with Crippen LogP contribution in [0.1, 0.15) is 24.1 Å². The number of aromatic nitrogens is 2. The molecule has 1 aromatic rings. The first kappa shape index (κ1) is 15.4. The zero-order valence-corrected chi connectivity index (χ0v) is 12.7. The summed E-state index contributed by atoms with van der Waals surface area (Å²) in [6.45, 7) is 3.64. The van der Waals surface area contributed by atoms with Gasteiger partial charge in [0.1, 0.15) is 0 Å². The summed E-state index contributed by atoms with van der Waals surface area (Å²) in [7, 11) is -1.88. The van der Waals surface area contributed by atoms with Crippen molar-refractivity contribution in [1.82, 2.24) is 14.5 Å². The smallest absolute Gasteiger partial charge is 0.262 e. The normalized spacial score (nSPS) is 18.6. The number of ether oxygens (including phenoxy) is 1. The van der Waals surface area contributed by atoms with Crippen LogP contribution in [0.15, 0.2) is 5.03 Å². The number of piperidine rings is 1. The minimum absolute atomic E-state index is 0.0719. The molecule has 0 atom stereocenters. The second-order valence-electron chi connectivity index (χ2n) is 5.14. The average molecular weight is 302 g/mol. The molecule has 0 amide bonds. The van der Waals surface area contributed by atoms with E-state index in [1.165, 1.54) is 4.31 Å². The van der Waals surface area contributed by atoms with E-state index in [4.69, 9.17) is 10.5 Å². The first-order chi connectivity index (χ1) is 9.50. The zero-order valence-electron chi connectivity index (χ0n) is 11.9. The second-order valence-corrected chi connectivity index (χ2v) is 6.99. The number of aryl methyl sites for hydroxylation is 1. The molecule has 114 valence electrons. The van der Waals surface area contributed by atoms with Crippen molar-refractivity contribution in [3.8, 4) is 0 Å². The van der Waals surface area contributed by atoms with Crippen LogP contribution in [0.2, 0.25) is 0 Å². The lowest BCUT2D eigenvalue weighted by molar-refractivity contribution is 0.121. The molecule has 0 unspecified atom stereocenters. The fourth-order valence-electron chi connectivity index (χ4n) is 2.56. The van der Waals surface area contributed by atoms with Crippen molar-refractivity contribution in [2.45, 2.75) is 31.3 Å². The third-order valence-electron chi connectivity index (χ3n) is 3.80. The highest BCUT2D eigenvalue weighted by molar-refractivity contribution is 7.89. The maximum atomic E-state index is 12.6. The van der Waals surface area contributed by atoms with Gasteiger partial charge in [0.25, 0.3) is 10.0 Å². The highest BCUT2D eigenvalue weighted by Gasteiger charge is 2.33. The fraction of sp³-hybridized carbons (Fsp3) is 0.750. The Morgan fingerprint density at radius 3 is 2.65 bits per heavy atom. The predicted molar refractivity (Wildman–Crippen MR) is 74.6 cm³/mol. The Labute approximate surface area is 119 Å². The standard InChI is InChI=1S/C12H22N4O3S/c1-9-11(7-13)12(15-14-9)20(17,18)16-5-3-10(4-6-16)8-19-2/h10H,3-8,13H2,1-2H3,(H,14,15). The molecular weight excluding hydrogens is 280 g/mol. The monoisotopic (exact) mass is 302 g/mol. The Morgan fingerprint density at radius 2 is 2.10 bits per heavy atom. The molecule has 1 aliphatic rings. The molecule has 1 aromatic heterocycles. The second kappa shape index (κ2) is 6.21. The van der Waals surface area contributed by atoms with Gasteiger partial charge in [-0.15, -0.1) is 0 Å². The van der Waals surface area contributed by atoms with Gasteiger partial charge in [-0.3, -0.25) is 5.10 Å². The van der Waals surface area contributed by atoms with E-state index in [1.807, 2.05) is 0 Å². The Morgan fingerprint density at radius 1 is 1.45 bits per heavy atom. The SMILES string of the molecule is COCC1CCN(S(=O)(=O)c2n[nH]c(C)c2CN)CC1. The summed E-state index contributed by atoms with van der Waals surface area (Å²) in [6.07, 6.45) is 1.63. The summed E-state index contributed by atoms with van der Waals surface area (Å²) in [4.78, 5) is 0. The van der Waals surface area contributed by atoms with Crippen LogP contribution in [-0.4, -0.2) is 49.7 Å². The lowest BCUT2D eigenvalue weighted by Gasteiger charge is -2.30. The van der Waals surface area contributed by atoms with Gasteiger partial charge in [0.15, 0.2) is 5.03 Å². The molecule has 20 heavy (non-hydrogen) atoms. The van der Waals surface area contributed by atoms with Crippen LogP contribution >= 0.6 is 0 Å². The van der Waals surface area contributed by atoms with Crippen LogP contribution in [0.5, 0.6) is 0 Å². The van der Waals surface area contributed by atoms with Crippen molar-refractivity contribution in [3.63, 3.8) is 0 Å². The molecule has 1 fully saturated rings. The molecule has 0 aromatic carbocycles. The third kappa shape index (κ3) is 2.88. The molecule has 2 heterocycles. The summed E-state index contributed by atoms with van der Waals surface area (Å²) < 4.78 is 31.8. The van der Waals surface area contributed by atoms with E-state index < -0.39 is 10.0 Å². The maximum Gasteiger partial charge on any atom is 0.262 e. The molecule has 8 heteroatoms. The van der Waals surface area contributed by atoms with Crippen LogP contribution in [-0.2, 0) is 21.3 Å². The molecule has 1 saturated heterocycles. The van der Waals surface area contributed by atoms with Crippen LogP contribution in [0.4, 0.5) is 0 Å². The number of sulfonamides is 1. The van der Waals surface area contributed by atoms with Crippen molar-refractivity contribution in [1.29, 1.82) is 0 Å². The molecule has 7 nitrogen and oxygen atoms in total. The average Bonchev–Trinajstić information content (AvgIpc) is 2.81. The lowest BCUT2D eigenvalue weighted by Crippen LogP contribution is -2.39. The number of aromatic amines is 1. The number of nitrogens with zero attached hydrogens (tertiary/aromatic N) is 2. The first-order valence-electron chi connectivity index (χ1n) is 6.73. The molecule has 3 N–H and O–H groups in total. The molecule has 1 aliphatic heterocycles. The zero-order chi connectivity index (χ0) is 14.8. The lowest BCUT2D eigenvalue weighted by atomic mass is 9.99.